The van der Waals surface area contributed by atoms with Gasteiger partial charge in [-0.2, -0.15) is 0 Å². The summed E-state index contributed by atoms with van der Waals surface area (Å²) in [6.07, 6.45) is 0.720. The molecular formula is C21H24FN3O2. The standard InChI is InChI=1S/C21H24FN3O2/c22-18-8-6-17(7-9-18)16-21(27)25-14-12-24(13-15-25)11-10-20(26)23-19-4-2-1-3-5-19/h1-9H,10-16H2,(H,23,26). The van der Waals surface area contributed by atoms with Crippen LogP contribution in [0.3, 0.4) is 0 Å². The Morgan fingerprint density at radius 2 is 1.59 bits per heavy atom. The largest absolute Gasteiger partial charge is 0.340 e. The van der Waals surface area contributed by atoms with Gasteiger partial charge in [-0.1, -0.05) is 30.3 Å². The summed E-state index contributed by atoms with van der Waals surface area (Å²) in [4.78, 5) is 28.4. The Labute approximate surface area is 158 Å². The van der Waals surface area contributed by atoms with Crippen LogP contribution in [0.25, 0.3) is 0 Å². The van der Waals surface area contributed by atoms with Gasteiger partial charge in [-0.05, 0) is 29.8 Å². The molecule has 1 fully saturated rings. The van der Waals surface area contributed by atoms with E-state index in [1.165, 1.54) is 12.1 Å². The molecule has 5 nitrogen and oxygen atoms in total. The SMILES string of the molecule is O=C(CCN1CCN(C(=O)Cc2ccc(F)cc2)CC1)Nc1ccccc1. The zero-order valence-electron chi connectivity index (χ0n) is 15.2. The highest BCUT2D eigenvalue weighted by Crippen LogP contribution is 2.10. The first-order valence-corrected chi connectivity index (χ1v) is 9.19. The second-order valence-electron chi connectivity index (χ2n) is 6.69. The zero-order valence-corrected chi connectivity index (χ0v) is 15.2. The molecule has 0 spiro atoms. The van der Waals surface area contributed by atoms with E-state index in [1.807, 2.05) is 35.2 Å². The molecule has 142 valence electrons. The van der Waals surface area contributed by atoms with E-state index in [0.29, 0.717) is 32.5 Å². The maximum Gasteiger partial charge on any atom is 0.227 e. The number of nitrogens with one attached hydrogen (secondary N) is 1. The van der Waals surface area contributed by atoms with Crippen molar-refractivity contribution in [1.82, 2.24) is 9.80 Å². The summed E-state index contributed by atoms with van der Waals surface area (Å²) in [7, 11) is 0. The first-order chi connectivity index (χ1) is 13.1. The van der Waals surface area contributed by atoms with Crippen LogP contribution in [0.4, 0.5) is 10.1 Å². The minimum Gasteiger partial charge on any atom is -0.340 e. The highest BCUT2D eigenvalue weighted by molar-refractivity contribution is 5.90. The summed E-state index contributed by atoms with van der Waals surface area (Å²) < 4.78 is 12.9. The molecule has 0 radical (unpaired) electrons. The van der Waals surface area contributed by atoms with Crippen LogP contribution in [0.1, 0.15) is 12.0 Å². The Hall–Kier alpha value is -2.73. The van der Waals surface area contributed by atoms with E-state index < -0.39 is 0 Å². The maximum atomic E-state index is 12.9. The summed E-state index contributed by atoms with van der Waals surface area (Å²) in [6.45, 7) is 3.50. The van der Waals surface area contributed by atoms with Crippen molar-refractivity contribution in [2.24, 2.45) is 0 Å². The third-order valence-corrected chi connectivity index (χ3v) is 4.71. The second-order valence-corrected chi connectivity index (χ2v) is 6.69. The predicted octanol–water partition coefficient (Wildman–Crippen LogP) is 2.54. The highest BCUT2D eigenvalue weighted by Gasteiger charge is 2.21. The van der Waals surface area contributed by atoms with Crippen LogP contribution in [0, 0.1) is 5.82 Å². The van der Waals surface area contributed by atoms with Crippen molar-refractivity contribution in [2.45, 2.75) is 12.8 Å². The van der Waals surface area contributed by atoms with Crippen molar-refractivity contribution in [1.29, 1.82) is 0 Å². The molecular weight excluding hydrogens is 345 g/mol. The lowest BCUT2D eigenvalue weighted by atomic mass is 10.1. The number of carbonyl (C=O) groups is 2. The first kappa shape index (κ1) is 19.0. The molecule has 0 saturated carbocycles. The van der Waals surface area contributed by atoms with Crippen molar-refractivity contribution in [3.05, 3.63) is 66.0 Å². The van der Waals surface area contributed by atoms with Crippen LogP contribution in [0.5, 0.6) is 0 Å². The molecule has 1 aliphatic heterocycles. The summed E-state index contributed by atoms with van der Waals surface area (Å²) in [5, 5.41) is 2.88. The third-order valence-electron chi connectivity index (χ3n) is 4.71. The van der Waals surface area contributed by atoms with E-state index >= 15 is 0 Å². The van der Waals surface area contributed by atoms with Gasteiger partial charge in [0.05, 0.1) is 6.42 Å². The van der Waals surface area contributed by atoms with Gasteiger partial charge in [0, 0.05) is 44.8 Å². The first-order valence-electron chi connectivity index (χ1n) is 9.19. The lowest BCUT2D eigenvalue weighted by Gasteiger charge is -2.34. The van der Waals surface area contributed by atoms with Crippen molar-refractivity contribution >= 4 is 17.5 Å². The number of hydrogen-bond donors (Lipinski definition) is 1. The Morgan fingerprint density at radius 3 is 2.26 bits per heavy atom. The molecule has 0 unspecified atom stereocenters. The van der Waals surface area contributed by atoms with Gasteiger partial charge in [0.1, 0.15) is 5.82 Å². The van der Waals surface area contributed by atoms with E-state index in [1.54, 1.807) is 12.1 Å². The summed E-state index contributed by atoms with van der Waals surface area (Å²) in [5.74, 6) is -0.241. The Bertz CT molecular complexity index is 757. The normalized spacial score (nSPS) is 14.8. The van der Waals surface area contributed by atoms with E-state index in [9.17, 15) is 14.0 Å². The monoisotopic (exact) mass is 369 g/mol. The molecule has 1 N–H and O–H groups in total. The number of benzene rings is 2. The van der Waals surface area contributed by atoms with Gasteiger partial charge in [-0.15, -0.1) is 0 Å². The summed E-state index contributed by atoms with van der Waals surface area (Å²) in [6, 6.07) is 15.5. The lowest BCUT2D eigenvalue weighted by Crippen LogP contribution is -2.49. The topological polar surface area (TPSA) is 52.7 Å². The Morgan fingerprint density at radius 1 is 0.926 bits per heavy atom. The summed E-state index contributed by atoms with van der Waals surface area (Å²) >= 11 is 0. The average Bonchev–Trinajstić information content (AvgIpc) is 2.69. The van der Waals surface area contributed by atoms with Crippen molar-refractivity contribution in [3.63, 3.8) is 0 Å². The number of amides is 2. The number of piperazine rings is 1. The van der Waals surface area contributed by atoms with Gasteiger partial charge >= 0.3 is 0 Å². The predicted molar refractivity (Wildman–Crippen MR) is 103 cm³/mol. The summed E-state index contributed by atoms with van der Waals surface area (Å²) in [5.41, 5.74) is 1.63. The number of anilines is 1. The molecule has 0 bridgehead atoms. The fraction of sp³-hybridized carbons (Fsp3) is 0.333. The molecule has 2 aromatic carbocycles. The number of carbonyl (C=O) groups excluding carboxylic acids is 2. The number of halogens is 1. The van der Waals surface area contributed by atoms with E-state index in [2.05, 4.69) is 10.2 Å². The third kappa shape index (κ3) is 5.89. The minimum atomic E-state index is -0.295. The van der Waals surface area contributed by atoms with Gasteiger partial charge < -0.3 is 10.2 Å². The van der Waals surface area contributed by atoms with E-state index in [4.69, 9.17) is 0 Å². The molecule has 0 aliphatic carbocycles. The molecule has 1 saturated heterocycles. The fourth-order valence-electron chi connectivity index (χ4n) is 3.11. The number of hydrogen-bond acceptors (Lipinski definition) is 3. The van der Waals surface area contributed by atoms with Crippen molar-refractivity contribution in [2.75, 3.05) is 38.0 Å². The van der Waals surface area contributed by atoms with Crippen molar-refractivity contribution in [3.8, 4) is 0 Å². The molecule has 0 atom stereocenters. The smallest absolute Gasteiger partial charge is 0.227 e. The van der Waals surface area contributed by atoms with Gasteiger partial charge in [0.2, 0.25) is 11.8 Å². The van der Waals surface area contributed by atoms with Gasteiger partial charge in [0.25, 0.3) is 0 Å². The molecule has 1 heterocycles. The van der Waals surface area contributed by atoms with Gasteiger partial charge in [-0.25, -0.2) is 4.39 Å². The highest BCUT2D eigenvalue weighted by atomic mass is 19.1. The zero-order chi connectivity index (χ0) is 19.1. The van der Waals surface area contributed by atoms with Crippen LogP contribution in [0.2, 0.25) is 0 Å². The fourth-order valence-corrected chi connectivity index (χ4v) is 3.11. The molecule has 0 aromatic heterocycles. The van der Waals surface area contributed by atoms with Crippen LogP contribution in [0.15, 0.2) is 54.6 Å². The van der Waals surface area contributed by atoms with Crippen molar-refractivity contribution < 1.29 is 14.0 Å². The molecule has 3 rings (SSSR count). The molecule has 2 aromatic rings. The van der Waals surface area contributed by atoms with Crippen LogP contribution < -0.4 is 5.32 Å². The minimum absolute atomic E-state index is 0.00369. The lowest BCUT2D eigenvalue weighted by molar-refractivity contribution is -0.132. The van der Waals surface area contributed by atoms with Gasteiger partial charge in [-0.3, -0.25) is 14.5 Å². The van der Waals surface area contributed by atoms with Crippen LogP contribution in [-0.4, -0.2) is 54.3 Å². The quantitative estimate of drug-likeness (QED) is 0.851. The van der Waals surface area contributed by atoms with Gasteiger partial charge in [0.15, 0.2) is 0 Å². The second kappa shape index (κ2) is 9.28. The van der Waals surface area contributed by atoms with E-state index in [-0.39, 0.29) is 17.6 Å². The number of nitrogens with zero attached hydrogens (tertiary/aromatic N) is 2. The molecule has 27 heavy (non-hydrogen) atoms. The molecule has 6 heteroatoms. The average molecular weight is 369 g/mol. The Balaban J connectivity index is 1.37. The van der Waals surface area contributed by atoms with E-state index in [0.717, 1.165) is 24.3 Å². The van der Waals surface area contributed by atoms with Crippen LogP contribution in [-0.2, 0) is 16.0 Å². The number of para-hydroxylation sites is 1. The molecule has 2 amide bonds. The van der Waals surface area contributed by atoms with Crippen LogP contribution >= 0.6 is 0 Å². The molecule has 1 aliphatic rings. The Kier molecular flexibility index (Phi) is 6.54. The number of rotatable bonds is 6. The maximum absolute atomic E-state index is 12.9.